The zero-order chi connectivity index (χ0) is 24.9. The quantitative estimate of drug-likeness (QED) is 0.485. The number of nitrogens with zero attached hydrogens (tertiary/aromatic N) is 2. The van der Waals surface area contributed by atoms with Crippen molar-refractivity contribution in [3.63, 3.8) is 0 Å². The molecule has 0 aromatic heterocycles. The van der Waals surface area contributed by atoms with E-state index < -0.39 is 45.4 Å². The van der Waals surface area contributed by atoms with Gasteiger partial charge in [0.25, 0.3) is 11.8 Å². The maximum Gasteiger partial charge on any atom is 0.264 e. The van der Waals surface area contributed by atoms with Crippen LogP contribution in [0.4, 0.5) is 5.69 Å². The number of piperazine rings is 1. The summed E-state index contributed by atoms with van der Waals surface area (Å²) in [5.41, 5.74) is -4.47. The number of nitrogens with one attached hydrogen (secondary N) is 1. The molecular formula is C26H29N3O6. The van der Waals surface area contributed by atoms with Crippen LogP contribution in [-0.2, 0) is 19.8 Å². The number of benzene rings is 1. The Bertz CT molecular complexity index is 1300. The Kier molecular flexibility index (Phi) is 3.50. The summed E-state index contributed by atoms with van der Waals surface area (Å²) in [5.74, 6) is -1.24. The van der Waals surface area contributed by atoms with E-state index in [0.29, 0.717) is 41.3 Å². The first-order chi connectivity index (χ1) is 16.4. The molecule has 3 N–H and O–H groups in total. The van der Waals surface area contributed by atoms with Crippen LogP contribution in [0.15, 0.2) is 18.2 Å². The van der Waals surface area contributed by atoms with E-state index in [1.54, 1.807) is 17.0 Å². The van der Waals surface area contributed by atoms with Crippen LogP contribution in [0, 0.1) is 11.3 Å². The lowest BCUT2D eigenvalue weighted by molar-refractivity contribution is -0.180. The van der Waals surface area contributed by atoms with Crippen molar-refractivity contribution in [1.29, 1.82) is 0 Å². The third-order valence-corrected chi connectivity index (χ3v) is 10.0. The van der Waals surface area contributed by atoms with Gasteiger partial charge in [0.1, 0.15) is 33.9 Å². The maximum absolute atomic E-state index is 14.1. The van der Waals surface area contributed by atoms with Crippen molar-refractivity contribution < 1.29 is 29.4 Å². The Morgan fingerprint density at radius 3 is 2.60 bits per heavy atom. The molecule has 5 atom stereocenters. The molecule has 1 aliphatic carbocycles. The van der Waals surface area contributed by atoms with Crippen molar-refractivity contribution in [2.45, 2.75) is 75.2 Å². The fraction of sp³-hybridized carbons (Fsp3) is 0.577. The van der Waals surface area contributed by atoms with Crippen LogP contribution in [-0.4, -0.2) is 62.3 Å². The molecule has 6 aliphatic heterocycles. The second-order valence-electron chi connectivity index (χ2n) is 12.1. The lowest BCUT2D eigenvalue weighted by atomic mass is 9.57. The minimum Gasteiger partial charge on any atom is -0.483 e. The van der Waals surface area contributed by atoms with Crippen LogP contribution in [0.2, 0.25) is 0 Å². The van der Waals surface area contributed by atoms with Crippen molar-refractivity contribution in [2.75, 3.05) is 11.6 Å². The van der Waals surface area contributed by atoms with Gasteiger partial charge in [-0.05, 0) is 62.3 Å². The minimum atomic E-state index is -1.63. The molecule has 184 valence electrons. The number of hydrogen-bond donors (Lipinski definition) is 3. The number of hydroxylamine groups is 1. The molecule has 1 aromatic rings. The lowest BCUT2D eigenvalue weighted by Crippen LogP contribution is -2.83. The van der Waals surface area contributed by atoms with Crippen molar-refractivity contribution in [1.82, 2.24) is 10.2 Å². The zero-order valence-electron chi connectivity index (χ0n) is 20.2. The first kappa shape index (κ1) is 21.4. The summed E-state index contributed by atoms with van der Waals surface area (Å²) in [4.78, 5) is 43.1. The van der Waals surface area contributed by atoms with Crippen LogP contribution in [0.25, 0.3) is 6.08 Å². The van der Waals surface area contributed by atoms with Crippen molar-refractivity contribution in [2.24, 2.45) is 11.3 Å². The predicted molar refractivity (Wildman–Crippen MR) is 124 cm³/mol. The van der Waals surface area contributed by atoms with E-state index in [-0.39, 0.29) is 17.5 Å². The first-order valence-electron chi connectivity index (χ1n) is 12.3. The number of anilines is 1. The molecule has 7 aliphatic rings. The van der Waals surface area contributed by atoms with E-state index in [1.807, 2.05) is 39.8 Å². The van der Waals surface area contributed by atoms with E-state index in [1.165, 1.54) is 0 Å². The molecule has 3 amide bonds. The third kappa shape index (κ3) is 1.92. The van der Waals surface area contributed by atoms with Crippen molar-refractivity contribution in [3.8, 4) is 5.75 Å². The number of rotatable bonds is 0. The number of carbonyl (C=O) groups excluding carboxylic acids is 3. The summed E-state index contributed by atoms with van der Waals surface area (Å²) in [5, 5.41) is 26.9. The van der Waals surface area contributed by atoms with Gasteiger partial charge in [0, 0.05) is 18.0 Å². The molecule has 9 nitrogen and oxygen atoms in total. The summed E-state index contributed by atoms with van der Waals surface area (Å²) in [7, 11) is 0. The van der Waals surface area contributed by atoms with Crippen LogP contribution < -0.4 is 15.1 Å². The molecule has 35 heavy (non-hydrogen) atoms. The number of piperidine rings is 2. The monoisotopic (exact) mass is 479 g/mol. The molecule has 0 radical (unpaired) electrons. The van der Waals surface area contributed by atoms with Gasteiger partial charge in [-0.3, -0.25) is 19.6 Å². The molecule has 6 heterocycles. The van der Waals surface area contributed by atoms with Gasteiger partial charge in [-0.25, -0.2) is 0 Å². The number of aliphatic hydroxyl groups excluding tert-OH is 1. The number of aliphatic hydroxyl groups is 1. The molecule has 1 saturated carbocycles. The van der Waals surface area contributed by atoms with Gasteiger partial charge in [0.15, 0.2) is 0 Å². The van der Waals surface area contributed by atoms with Gasteiger partial charge >= 0.3 is 0 Å². The number of amides is 3. The van der Waals surface area contributed by atoms with Gasteiger partial charge in [-0.1, -0.05) is 19.9 Å². The van der Waals surface area contributed by atoms with Gasteiger partial charge in [-0.15, -0.1) is 0 Å². The zero-order valence-corrected chi connectivity index (χ0v) is 20.2. The molecule has 4 saturated heterocycles. The average molecular weight is 480 g/mol. The van der Waals surface area contributed by atoms with Gasteiger partial charge in [0.2, 0.25) is 5.91 Å². The largest absolute Gasteiger partial charge is 0.483 e. The fourth-order valence-electron chi connectivity index (χ4n) is 8.46. The number of hydrogen-bond acceptors (Lipinski definition) is 6. The molecular weight excluding hydrogens is 450 g/mol. The molecule has 3 spiro atoms. The molecule has 0 unspecified atom stereocenters. The Hall–Kier alpha value is -2.91. The number of carbonyl (C=O) groups is 3. The van der Waals surface area contributed by atoms with Gasteiger partial charge in [-0.2, -0.15) is 5.06 Å². The van der Waals surface area contributed by atoms with Gasteiger partial charge in [0.05, 0.1) is 5.69 Å². The van der Waals surface area contributed by atoms with Crippen LogP contribution in [0.3, 0.4) is 0 Å². The van der Waals surface area contributed by atoms with Gasteiger partial charge < -0.3 is 20.1 Å². The summed E-state index contributed by atoms with van der Waals surface area (Å²) >= 11 is 0. The van der Waals surface area contributed by atoms with Crippen LogP contribution >= 0.6 is 0 Å². The number of fused-ring (bicyclic) bond motifs is 5. The lowest BCUT2D eigenvalue weighted by Gasteiger charge is -2.59. The van der Waals surface area contributed by atoms with E-state index in [4.69, 9.17) is 4.74 Å². The fourth-order valence-corrected chi connectivity index (χ4v) is 8.46. The third-order valence-electron chi connectivity index (χ3n) is 10.0. The smallest absolute Gasteiger partial charge is 0.264 e. The average Bonchev–Trinajstić information content (AvgIpc) is 3.37. The molecule has 5 fully saturated rings. The second kappa shape index (κ2) is 5.73. The standard InChI is InChI=1S/C26H29N3O6/c1-22(2)10-8-13-15(35-22)7-6-14-17(13)29(34)20(32)25(14)18(30)26-16(23(25,3)4)12-24(19(31)27-26)9-5-11-28(24)21(26)33/h6-8,10,16,18,30,34H,5,9,11-12H2,1-4H3,(H,27,31)/t16-,18-,24-,25-,26+/m0/s1. The minimum absolute atomic E-state index is 0.256. The Morgan fingerprint density at radius 1 is 1.11 bits per heavy atom. The molecule has 8 rings (SSSR count). The van der Waals surface area contributed by atoms with E-state index in [2.05, 4.69) is 5.32 Å². The Morgan fingerprint density at radius 2 is 1.86 bits per heavy atom. The van der Waals surface area contributed by atoms with Crippen LogP contribution in [0.1, 0.15) is 58.1 Å². The summed E-state index contributed by atoms with van der Waals surface area (Å²) in [6, 6.07) is 3.47. The Balaban J connectivity index is 1.49. The topological polar surface area (TPSA) is 119 Å². The van der Waals surface area contributed by atoms with E-state index >= 15 is 0 Å². The maximum atomic E-state index is 14.1. The van der Waals surface area contributed by atoms with Crippen LogP contribution in [0.5, 0.6) is 5.75 Å². The SMILES string of the molecule is CC1(C)C=Cc2c(ccc3c2N(O)C(=O)[C@@]32[C@H](O)[C@@]34NC(=O)[C@]5(CCCN5C3=O)C[C@H]4C2(C)C)O1. The Labute approximate surface area is 202 Å². The second-order valence-corrected chi connectivity index (χ2v) is 12.1. The summed E-state index contributed by atoms with van der Waals surface area (Å²) in [6.07, 6.45) is 3.79. The first-order valence-corrected chi connectivity index (χ1v) is 12.3. The highest BCUT2D eigenvalue weighted by Crippen LogP contribution is 2.71. The summed E-state index contributed by atoms with van der Waals surface area (Å²) < 4.78 is 6.06. The molecule has 1 aromatic carbocycles. The highest BCUT2D eigenvalue weighted by atomic mass is 16.5. The number of ether oxygens (including phenoxy) is 1. The van der Waals surface area contributed by atoms with Crippen molar-refractivity contribution in [3.05, 3.63) is 29.3 Å². The van der Waals surface area contributed by atoms with E-state index in [0.717, 1.165) is 6.42 Å². The predicted octanol–water partition coefficient (Wildman–Crippen LogP) is 1.49. The highest BCUT2D eigenvalue weighted by Gasteiger charge is 2.85. The molecule has 9 heteroatoms. The molecule has 2 bridgehead atoms. The highest BCUT2D eigenvalue weighted by molar-refractivity contribution is 6.13. The summed E-state index contributed by atoms with van der Waals surface area (Å²) in [6.45, 7) is 8.03. The van der Waals surface area contributed by atoms with E-state index in [9.17, 15) is 24.7 Å². The normalized spacial score (nSPS) is 41.0. The van der Waals surface area contributed by atoms with Crippen molar-refractivity contribution >= 4 is 29.5 Å².